The highest BCUT2D eigenvalue weighted by molar-refractivity contribution is 5.78. The topological polar surface area (TPSA) is 54.1 Å². The number of nitrogens with zero attached hydrogens (tertiary/aromatic N) is 3. The van der Waals surface area contributed by atoms with Gasteiger partial charge in [-0.2, -0.15) is 0 Å². The fraction of sp³-hybridized carbons (Fsp3) is 0.562. The molecule has 0 unspecified atom stereocenters. The van der Waals surface area contributed by atoms with E-state index in [1.807, 2.05) is 0 Å². The van der Waals surface area contributed by atoms with E-state index in [4.69, 9.17) is 10.5 Å². The summed E-state index contributed by atoms with van der Waals surface area (Å²) in [6, 6.07) is 8.62. The number of guanidine groups is 1. The van der Waals surface area contributed by atoms with Crippen LogP contribution in [0, 0.1) is 0 Å². The lowest BCUT2D eigenvalue weighted by atomic mass is 9.90. The van der Waals surface area contributed by atoms with Gasteiger partial charge >= 0.3 is 0 Å². The third kappa shape index (κ3) is 3.13. The Hall–Kier alpha value is -1.75. The Kier molecular flexibility index (Phi) is 4.29. The van der Waals surface area contributed by atoms with E-state index in [-0.39, 0.29) is 0 Å². The number of para-hydroxylation sites is 1. The summed E-state index contributed by atoms with van der Waals surface area (Å²) in [7, 11) is 2.15. The molecule has 0 radical (unpaired) electrons. The molecule has 1 aromatic rings. The van der Waals surface area contributed by atoms with Crippen molar-refractivity contribution in [3.05, 3.63) is 29.8 Å². The predicted molar refractivity (Wildman–Crippen MR) is 86.0 cm³/mol. The van der Waals surface area contributed by atoms with Crippen molar-refractivity contribution < 1.29 is 4.74 Å². The molecule has 0 amide bonds. The molecule has 0 aliphatic carbocycles. The molecule has 2 heterocycles. The van der Waals surface area contributed by atoms with Crippen molar-refractivity contribution >= 4 is 11.6 Å². The first-order valence-corrected chi connectivity index (χ1v) is 7.68. The molecule has 2 aliphatic heterocycles. The summed E-state index contributed by atoms with van der Waals surface area (Å²) in [6.45, 7) is 5.03. The van der Waals surface area contributed by atoms with Crippen molar-refractivity contribution in [2.45, 2.75) is 12.3 Å². The molecular weight excluding hydrogens is 264 g/mol. The molecule has 0 spiro atoms. The molecule has 1 fully saturated rings. The SMILES string of the molecule is CN1CC[C@H](CN=C(N)N2CCOCC2)c2ccccc21. The third-order valence-corrected chi connectivity index (χ3v) is 4.41. The van der Waals surface area contributed by atoms with Crippen LogP contribution in [0.5, 0.6) is 0 Å². The second kappa shape index (κ2) is 6.35. The number of nitrogens with two attached hydrogens (primary N) is 1. The lowest BCUT2D eigenvalue weighted by molar-refractivity contribution is 0.0674. The van der Waals surface area contributed by atoms with Gasteiger partial charge in [0.25, 0.3) is 0 Å². The zero-order valence-electron chi connectivity index (χ0n) is 12.7. The summed E-state index contributed by atoms with van der Waals surface area (Å²) in [5, 5.41) is 0. The van der Waals surface area contributed by atoms with Gasteiger partial charge < -0.3 is 20.3 Å². The van der Waals surface area contributed by atoms with Crippen molar-refractivity contribution in [1.29, 1.82) is 0 Å². The fourth-order valence-electron chi connectivity index (χ4n) is 3.09. The minimum atomic E-state index is 0.469. The van der Waals surface area contributed by atoms with Crippen molar-refractivity contribution in [1.82, 2.24) is 4.90 Å². The van der Waals surface area contributed by atoms with Crippen LogP contribution in [0.4, 0.5) is 5.69 Å². The number of rotatable bonds is 2. The second-order valence-corrected chi connectivity index (χ2v) is 5.76. The zero-order chi connectivity index (χ0) is 14.7. The standard InChI is InChI=1S/C16H24N4O/c1-19-7-6-13(14-4-2-3-5-15(14)19)12-18-16(17)20-8-10-21-11-9-20/h2-5,13H,6-12H2,1H3,(H2,17,18)/t13-/m1/s1. The molecule has 1 saturated heterocycles. The Labute approximate surface area is 126 Å². The van der Waals surface area contributed by atoms with Crippen molar-refractivity contribution in [3.63, 3.8) is 0 Å². The molecule has 0 bridgehead atoms. The summed E-state index contributed by atoms with van der Waals surface area (Å²) >= 11 is 0. The monoisotopic (exact) mass is 288 g/mol. The number of hydrogen-bond donors (Lipinski definition) is 1. The second-order valence-electron chi connectivity index (χ2n) is 5.76. The van der Waals surface area contributed by atoms with E-state index in [1.165, 1.54) is 11.3 Å². The van der Waals surface area contributed by atoms with E-state index in [9.17, 15) is 0 Å². The molecule has 3 rings (SSSR count). The van der Waals surface area contributed by atoms with Crippen LogP contribution in [0.3, 0.4) is 0 Å². The van der Waals surface area contributed by atoms with Crippen LogP contribution < -0.4 is 10.6 Å². The van der Waals surface area contributed by atoms with Gasteiger partial charge in [-0.15, -0.1) is 0 Å². The molecule has 1 atom stereocenters. The number of benzene rings is 1. The van der Waals surface area contributed by atoms with Crippen LogP contribution in [0.2, 0.25) is 0 Å². The minimum absolute atomic E-state index is 0.469. The van der Waals surface area contributed by atoms with Crippen molar-refractivity contribution in [2.24, 2.45) is 10.7 Å². The molecule has 21 heavy (non-hydrogen) atoms. The first-order chi connectivity index (χ1) is 10.3. The summed E-state index contributed by atoms with van der Waals surface area (Å²) < 4.78 is 5.34. The number of anilines is 1. The van der Waals surface area contributed by atoms with E-state index >= 15 is 0 Å². The molecule has 0 saturated carbocycles. The lowest BCUT2D eigenvalue weighted by Crippen LogP contribution is -2.45. The van der Waals surface area contributed by atoms with Crippen LogP contribution in [0.25, 0.3) is 0 Å². The fourth-order valence-corrected chi connectivity index (χ4v) is 3.09. The molecule has 0 aromatic heterocycles. The van der Waals surface area contributed by atoms with E-state index in [2.05, 4.69) is 46.1 Å². The van der Waals surface area contributed by atoms with Crippen LogP contribution >= 0.6 is 0 Å². The Morgan fingerprint density at radius 1 is 1.29 bits per heavy atom. The van der Waals surface area contributed by atoms with Crippen LogP contribution in [0.1, 0.15) is 17.9 Å². The predicted octanol–water partition coefficient (Wildman–Crippen LogP) is 1.26. The number of morpholine rings is 1. The van der Waals surface area contributed by atoms with E-state index in [0.29, 0.717) is 11.9 Å². The Balaban J connectivity index is 1.69. The Morgan fingerprint density at radius 2 is 2.05 bits per heavy atom. The highest BCUT2D eigenvalue weighted by Crippen LogP contribution is 2.34. The summed E-state index contributed by atoms with van der Waals surface area (Å²) in [4.78, 5) is 9.08. The molecule has 2 aliphatic rings. The maximum atomic E-state index is 6.12. The molecule has 114 valence electrons. The van der Waals surface area contributed by atoms with Gasteiger partial charge in [0, 0.05) is 44.8 Å². The number of hydrogen-bond acceptors (Lipinski definition) is 3. The van der Waals surface area contributed by atoms with E-state index in [0.717, 1.165) is 45.8 Å². The maximum Gasteiger partial charge on any atom is 0.191 e. The quantitative estimate of drug-likeness (QED) is 0.657. The summed E-state index contributed by atoms with van der Waals surface area (Å²) in [5.41, 5.74) is 8.84. The zero-order valence-corrected chi connectivity index (χ0v) is 12.7. The summed E-state index contributed by atoms with van der Waals surface area (Å²) in [5.74, 6) is 1.13. The van der Waals surface area contributed by atoms with Gasteiger partial charge in [-0.05, 0) is 18.1 Å². The average molecular weight is 288 g/mol. The third-order valence-electron chi connectivity index (χ3n) is 4.41. The number of aliphatic imine (C=N–C) groups is 1. The van der Waals surface area contributed by atoms with E-state index < -0.39 is 0 Å². The number of ether oxygens (including phenoxy) is 1. The first-order valence-electron chi connectivity index (χ1n) is 7.68. The van der Waals surface area contributed by atoms with Crippen LogP contribution in [-0.4, -0.2) is 57.3 Å². The normalized spacial score (nSPS) is 23.1. The van der Waals surface area contributed by atoms with Crippen LogP contribution in [0.15, 0.2) is 29.3 Å². The molecule has 1 aromatic carbocycles. The maximum absolute atomic E-state index is 6.12. The molecule has 5 nitrogen and oxygen atoms in total. The van der Waals surface area contributed by atoms with Gasteiger partial charge in [0.05, 0.1) is 13.2 Å². The lowest BCUT2D eigenvalue weighted by Gasteiger charge is -2.33. The van der Waals surface area contributed by atoms with Crippen molar-refractivity contribution in [2.75, 3.05) is 51.3 Å². The summed E-state index contributed by atoms with van der Waals surface area (Å²) in [6.07, 6.45) is 1.13. The largest absolute Gasteiger partial charge is 0.378 e. The molecule has 5 heteroatoms. The van der Waals surface area contributed by atoms with Crippen LogP contribution in [-0.2, 0) is 4.74 Å². The van der Waals surface area contributed by atoms with Gasteiger partial charge in [0.2, 0.25) is 0 Å². The van der Waals surface area contributed by atoms with E-state index in [1.54, 1.807) is 0 Å². The minimum Gasteiger partial charge on any atom is -0.378 e. The Bertz CT molecular complexity index is 511. The van der Waals surface area contributed by atoms with Gasteiger partial charge in [-0.1, -0.05) is 18.2 Å². The first kappa shape index (κ1) is 14.2. The van der Waals surface area contributed by atoms with Gasteiger partial charge in [-0.25, -0.2) is 0 Å². The highest BCUT2D eigenvalue weighted by atomic mass is 16.5. The van der Waals surface area contributed by atoms with Gasteiger partial charge in [0.15, 0.2) is 5.96 Å². The van der Waals surface area contributed by atoms with Gasteiger partial charge in [0.1, 0.15) is 0 Å². The smallest absolute Gasteiger partial charge is 0.191 e. The van der Waals surface area contributed by atoms with Crippen molar-refractivity contribution in [3.8, 4) is 0 Å². The average Bonchev–Trinajstić information content (AvgIpc) is 2.55. The highest BCUT2D eigenvalue weighted by Gasteiger charge is 2.23. The Morgan fingerprint density at radius 3 is 2.86 bits per heavy atom. The number of fused-ring (bicyclic) bond motifs is 1. The van der Waals surface area contributed by atoms with Gasteiger partial charge in [-0.3, -0.25) is 4.99 Å². The molecular formula is C16H24N4O. The molecule has 2 N–H and O–H groups in total.